The van der Waals surface area contributed by atoms with Crippen LogP contribution in [0.5, 0.6) is 0 Å². The molecule has 51 heavy (non-hydrogen) atoms. The minimum Gasteiger partial charge on any atom is -0.456 e. The van der Waals surface area contributed by atoms with E-state index in [-0.39, 0.29) is 0 Å². The Kier molecular flexibility index (Phi) is 6.05. The van der Waals surface area contributed by atoms with Crippen LogP contribution in [-0.4, -0.2) is 19.5 Å². The molecule has 0 aliphatic carbocycles. The van der Waals surface area contributed by atoms with Gasteiger partial charge in [-0.15, -0.1) is 11.3 Å². The van der Waals surface area contributed by atoms with Crippen LogP contribution in [0.1, 0.15) is 0 Å². The summed E-state index contributed by atoms with van der Waals surface area (Å²) in [5.74, 6) is 1.88. The van der Waals surface area contributed by atoms with Gasteiger partial charge in [0.05, 0.1) is 22.1 Å². The van der Waals surface area contributed by atoms with E-state index in [1.807, 2.05) is 36.4 Å². The van der Waals surface area contributed by atoms with Crippen molar-refractivity contribution in [1.82, 2.24) is 19.5 Å². The van der Waals surface area contributed by atoms with Crippen LogP contribution >= 0.6 is 11.3 Å². The van der Waals surface area contributed by atoms with Crippen molar-refractivity contribution in [2.75, 3.05) is 0 Å². The highest BCUT2D eigenvalue weighted by molar-refractivity contribution is 7.26. The number of hydrogen-bond donors (Lipinski definition) is 0. The number of hydrogen-bond acceptors (Lipinski definition) is 5. The molecule has 4 heterocycles. The molecule has 5 nitrogen and oxygen atoms in total. The fourth-order valence-corrected chi connectivity index (χ4v) is 8.79. The molecule has 6 heteroatoms. The Morgan fingerprint density at radius 1 is 0.451 bits per heavy atom. The van der Waals surface area contributed by atoms with E-state index in [0.717, 1.165) is 55.3 Å². The van der Waals surface area contributed by atoms with E-state index >= 15 is 0 Å². The number of rotatable bonds is 4. The summed E-state index contributed by atoms with van der Waals surface area (Å²) in [6.45, 7) is 0. The minimum atomic E-state index is 0.599. The summed E-state index contributed by atoms with van der Waals surface area (Å²) in [5.41, 5.74) is 7.83. The third-order valence-electron chi connectivity index (χ3n) is 9.87. The van der Waals surface area contributed by atoms with Gasteiger partial charge in [0.25, 0.3) is 0 Å². The van der Waals surface area contributed by atoms with Gasteiger partial charge >= 0.3 is 0 Å². The lowest BCUT2D eigenvalue weighted by Crippen LogP contribution is -2.00. The number of nitrogens with zero attached hydrogens (tertiary/aromatic N) is 4. The molecule has 0 bridgehead atoms. The SMILES string of the molecule is c1ccc(-c2nc(-c3ccc4c(c3)oc3cccc(-n5c6ccccc6c6ccccc65)c34)nc(-c3cccc4c3sc3ccccc34)n2)cc1. The van der Waals surface area contributed by atoms with Crippen LogP contribution in [0.2, 0.25) is 0 Å². The van der Waals surface area contributed by atoms with Crippen LogP contribution in [0.3, 0.4) is 0 Å². The first-order valence-electron chi connectivity index (χ1n) is 16.9. The first kappa shape index (κ1) is 28.2. The lowest BCUT2D eigenvalue weighted by atomic mass is 10.1. The van der Waals surface area contributed by atoms with E-state index in [1.54, 1.807) is 11.3 Å². The molecule has 11 aromatic rings. The van der Waals surface area contributed by atoms with Gasteiger partial charge in [-0.25, -0.2) is 15.0 Å². The van der Waals surface area contributed by atoms with Crippen molar-refractivity contribution in [1.29, 1.82) is 0 Å². The molecule has 238 valence electrons. The van der Waals surface area contributed by atoms with E-state index in [4.69, 9.17) is 19.4 Å². The van der Waals surface area contributed by atoms with Crippen LogP contribution in [0.25, 0.3) is 104 Å². The maximum atomic E-state index is 6.62. The molecular weight excluding hydrogens is 645 g/mol. The molecule has 0 spiro atoms. The van der Waals surface area contributed by atoms with E-state index < -0.39 is 0 Å². The predicted octanol–water partition coefficient (Wildman–Crippen LogP) is 12.2. The normalized spacial score (nSPS) is 11.9. The molecular formula is C45H26N4OS. The van der Waals surface area contributed by atoms with Gasteiger partial charge in [-0.2, -0.15) is 0 Å². The van der Waals surface area contributed by atoms with E-state index in [1.165, 1.54) is 30.9 Å². The summed E-state index contributed by atoms with van der Waals surface area (Å²) in [6.07, 6.45) is 0. The Hall–Kier alpha value is -6.63. The number of furan rings is 1. The fraction of sp³-hybridized carbons (Fsp3) is 0. The number of para-hydroxylation sites is 2. The van der Waals surface area contributed by atoms with E-state index in [2.05, 4.69) is 126 Å². The first-order valence-corrected chi connectivity index (χ1v) is 17.8. The van der Waals surface area contributed by atoms with Gasteiger partial charge in [-0.05, 0) is 48.5 Å². The second-order valence-electron chi connectivity index (χ2n) is 12.8. The number of fused-ring (bicyclic) bond motifs is 9. The number of benzene rings is 7. The van der Waals surface area contributed by atoms with Crippen molar-refractivity contribution in [3.63, 3.8) is 0 Å². The Morgan fingerprint density at radius 3 is 1.90 bits per heavy atom. The van der Waals surface area contributed by atoms with Crippen molar-refractivity contribution in [2.24, 2.45) is 0 Å². The maximum Gasteiger partial charge on any atom is 0.165 e. The van der Waals surface area contributed by atoms with Gasteiger partial charge in [0, 0.05) is 53.0 Å². The van der Waals surface area contributed by atoms with Gasteiger partial charge in [0.15, 0.2) is 17.5 Å². The molecule has 0 saturated heterocycles. The topological polar surface area (TPSA) is 56.7 Å². The third kappa shape index (κ3) is 4.30. The summed E-state index contributed by atoms with van der Waals surface area (Å²) in [4.78, 5) is 15.3. The van der Waals surface area contributed by atoms with Crippen LogP contribution in [0.15, 0.2) is 162 Å². The zero-order valence-electron chi connectivity index (χ0n) is 27.1. The molecule has 0 aliphatic rings. The molecule has 0 unspecified atom stereocenters. The summed E-state index contributed by atoms with van der Waals surface area (Å²) < 4.78 is 11.4. The third-order valence-corrected chi connectivity index (χ3v) is 11.1. The van der Waals surface area contributed by atoms with Crippen LogP contribution in [-0.2, 0) is 0 Å². The molecule has 0 amide bonds. The Bertz CT molecular complexity index is 3100. The van der Waals surface area contributed by atoms with Gasteiger partial charge in [-0.3, -0.25) is 0 Å². The summed E-state index contributed by atoms with van der Waals surface area (Å²) in [7, 11) is 0. The zero-order chi connectivity index (χ0) is 33.5. The second kappa shape index (κ2) is 10.9. The minimum absolute atomic E-state index is 0.599. The molecule has 0 saturated carbocycles. The zero-order valence-corrected chi connectivity index (χ0v) is 27.9. The molecule has 0 fully saturated rings. The Morgan fingerprint density at radius 2 is 1.10 bits per heavy atom. The Balaban J connectivity index is 1.12. The average Bonchev–Trinajstić information content (AvgIpc) is 3.87. The van der Waals surface area contributed by atoms with Crippen molar-refractivity contribution >= 4 is 75.3 Å². The highest BCUT2D eigenvalue weighted by atomic mass is 32.1. The molecule has 11 rings (SSSR count). The van der Waals surface area contributed by atoms with Crippen LogP contribution in [0.4, 0.5) is 0 Å². The monoisotopic (exact) mass is 670 g/mol. The first-order chi connectivity index (χ1) is 25.3. The number of aromatic nitrogens is 4. The standard InChI is InChI=1S/C45H26N4OS/c1-2-12-27(13-3-1)43-46-44(48-45(47-43)34-18-10-17-32-31-16-6-9-23-40(31)51-42(32)34)28-24-25-33-39(26-28)50-38-22-11-21-37(41(33)38)49-35-19-7-4-14-29(35)30-15-5-8-20-36(30)49/h1-26H. The van der Waals surface area contributed by atoms with Gasteiger partial charge in [0.2, 0.25) is 0 Å². The van der Waals surface area contributed by atoms with Crippen LogP contribution in [0, 0.1) is 0 Å². The van der Waals surface area contributed by atoms with Crippen LogP contribution < -0.4 is 0 Å². The smallest absolute Gasteiger partial charge is 0.165 e. The van der Waals surface area contributed by atoms with Gasteiger partial charge < -0.3 is 8.98 Å². The van der Waals surface area contributed by atoms with Gasteiger partial charge in [0.1, 0.15) is 11.2 Å². The largest absolute Gasteiger partial charge is 0.456 e. The molecule has 0 radical (unpaired) electrons. The van der Waals surface area contributed by atoms with Crippen molar-refractivity contribution in [2.45, 2.75) is 0 Å². The fourth-order valence-electron chi connectivity index (χ4n) is 7.58. The van der Waals surface area contributed by atoms with E-state index in [0.29, 0.717) is 17.5 Å². The maximum absolute atomic E-state index is 6.62. The predicted molar refractivity (Wildman–Crippen MR) is 211 cm³/mol. The van der Waals surface area contributed by atoms with Gasteiger partial charge in [-0.1, -0.05) is 109 Å². The lowest BCUT2D eigenvalue weighted by molar-refractivity contribution is 0.669. The molecule has 0 atom stereocenters. The lowest BCUT2D eigenvalue weighted by Gasteiger charge is -2.10. The quantitative estimate of drug-likeness (QED) is 0.187. The Labute approximate surface area is 295 Å². The number of thiophene rings is 1. The highest BCUT2D eigenvalue weighted by Gasteiger charge is 2.20. The van der Waals surface area contributed by atoms with Crippen molar-refractivity contribution < 1.29 is 4.42 Å². The molecule has 0 N–H and O–H groups in total. The molecule has 7 aromatic carbocycles. The van der Waals surface area contributed by atoms with Crippen molar-refractivity contribution in [3.05, 3.63) is 158 Å². The second-order valence-corrected chi connectivity index (χ2v) is 13.8. The summed E-state index contributed by atoms with van der Waals surface area (Å²) in [6, 6.07) is 54.9. The van der Waals surface area contributed by atoms with E-state index in [9.17, 15) is 0 Å². The molecule has 4 aromatic heterocycles. The highest BCUT2D eigenvalue weighted by Crippen LogP contribution is 2.41. The molecule has 0 aliphatic heterocycles. The summed E-state index contributed by atoms with van der Waals surface area (Å²) in [5, 5.41) is 7.02. The summed E-state index contributed by atoms with van der Waals surface area (Å²) >= 11 is 1.77. The average molecular weight is 671 g/mol. The van der Waals surface area contributed by atoms with Crippen molar-refractivity contribution in [3.8, 4) is 39.9 Å².